The van der Waals surface area contributed by atoms with Gasteiger partial charge in [0, 0.05) is 0 Å². The smallest absolute Gasteiger partial charge is 0.0908 e. The lowest BCUT2D eigenvalue weighted by Gasteiger charge is -2.14. The zero-order chi connectivity index (χ0) is 10.8. The third-order valence-electron chi connectivity index (χ3n) is 2.22. The second kappa shape index (κ2) is 9.75. The van der Waals surface area contributed by atoms with Crippen molar-refractivity contribution in [3.63, 3.8) is 0 Å². The first-order valence-electron chi connectivity index (χ1n) is 5.56. The molecule has 0 fully saturated rings. The van der Waals surface area contributed by atoms with Crippen molar-refractivity contribution in [2.45, 2.75) is 58.2 Å². The molecule has 0 saturated heterocycles. The molecule has 2 nitrogen and oxygen atoms in total. The van der Waals surface area contributed by atoms with E-state index >= 15 is 0 Å². The Morgan fingerprint density at radius 1 is 1.29 bits per heavy atom. The summed E-state index contributed by atoms with van der Waals surface area (Å²) in [6.45, 7) is 4.61. The maximum atomic E-state index is 9.16. The number of halogens is 1. The minimum absolute atomic E-state index is 0.240. The summed E-state index contributed by atoms with van der Waals surface area (Å²) in [7, 11) is 0. The fraction of sp³-hybridized carbons (Fsp3) is 1.00. The predicted molar refractivity (Wildman–Crippen MR) is 60.9 cm³/mol. The predicted octanol–water partition coefficient (Wildman–Crippen LogP) is 2.96. The van der Waals surface area contributed by atoms with Crippen LogP contribution in [0.15, 0.2) is 0 Å². The summed E-state index contributed by atoms with van der Waals surface area (Å²) < 4.78 is 5.44. The molecule has 0 aliphatic heterocycles. The fourth-order valence-corrected chi connectivity index (χ4v) is 1.35. The first kappa shape index (κ1) is 14.2. The maximum Gasteiger partial charge on any atom is 0.0908 e. The van der Waals surface area contributed by atoms with E-state index in [0.717, 1.165) is 6.42 Å². The van der Waals surface area contributed by atoms with Crippen LogP contribution >= 0.6 is 11.6 Å². The number of alkyl halides is 1. The van der Waals surface area contributed by atoms with Gasteiger partial charge >= 0.3 is 0 Å². The average molecular weight is 223 g/mol. The quantitative estimate of drug-likeness (QED) is 0.480. The van der Waals surface area contributed by atoms with Gasteiger partial charge < -0.3 is 9.84 Å². The molecule has 0 saturated carbocycles. The van der Waals surface area contributed by atoms with E-state index in [4.69, 9.17) is 21.4 Å². The molecular formula is C11H23ClO2. The van der Waals surface area contributed by atoms with Crippen molar-refractivity contribution in [2.75, 3.05) is 12.5 Å². The third kappa shape index (κ3) is 8.79. The minimum atomic E-state index is -0.519. The van der Waals surface area contributed by atoms with E-state index in [0.29, 0.717) is 6.61 Å². The van der Waals surface area contributed by atoms with Crippen LogP contribution in [-0.4, -0.2) is 29.8 Å². The molecule has 2 atom stereocenters. The largest absolute Gasteiger partial charge is 0.389 e. The van der Waals surface area contributed by atoms with Crippen molar-refractivity contribution >= 4 is 11.6 Å². The van der Waals surface area contributed by atoms with Crippen LogP contribution in [0.2, 0.25) is 0 Å². The normalized spacial score (nSPS) is 15.4. The molecule has 0 aliphatic rings. The van der Waals surface area contributed by atoms with Gasteiger partial charge in [-0.2, -0.15) is 0 Å². The molecule has 0 unspecified atom stereocenters. The maximum absolute atomic E-state index is 9.16. The molecule has 0 aromatic rings. The van der Waals surface area contributed by atoms with Crippen LogP contribution in [0.25, 0.3) is 0 Å². The summed E-state index contributed by atoms with van der Waals surface area (Å²) >= 11 is 5.45. The highest BCUT2D eigenvalue weighted by atomic mass is 35.5. The number of hydrogen-bond donors (Lipinski definition) is 1. The standard InChI is InChI=1S/C11H23ClO2/c1-3-4-5-6-7-10(2)14-9-11(13)8-12/h10-11,13H,3-9H2,1-2H3/t10-,11-/m1/s1. The first-order chi connectivity index (χ1) is 6.70. The van der Waals surface area contributed by atoms with Gasteiger partial charge in [0.25, 0.3) is 0 Å². The lowest BCUT2D eigenvalue weighted by molar-refractivity contribution is 0.00244. The number of aliphatic hydroxyl groups excluding tert-OH is 1. The van der Waals surface area contributed by atoms with E-state index < -0.39 is 6.10 Å². The monoisotopic (exact) mass is 222 g/mol. The Kier molecular flexibility index (Phi) is 9.90. The lowest BCUT2D eigenvalue weighted by Crippen LogP contribution is -2.21. The molecule has 0 bridgehead atoms. The fourth-order valence-electron chi connectivity index (χ4n) is 1.26. The van der Waals surface area contributed by atoms with Gasteiger partial charge in [0.1, 0.15) is 0 Å². The molecule has 0 aromatic carbocycles. The van der Waals surface area contributed by atoms with Crippen LogP contribution in [0, 0.1) is 0 Å². The number of hydrogen-bond acceptors (Lipinski definition) is 2. The highest BCUT2D eigenvalue weighted by Gasteiger charge is 2.06. The minimum Gasteiger partial charge on any atom is -0.389 e. The van der Waals surface area contributed by atoms with Crippen molar-refractivity contribution in [3.05, 3.63) is 0 Å². The zero-order valence-corrected chi connectivity index (χ0v) is 10.1. The van der Waals surface area contributed by atoms with E-state index in [-0.39, 0.29) is 12.0 Å². The van der Waals surface area contributed by atoms with Crippen molar-refractivity contribution in [1.29, 1.82) is 0 Å². The average Bonchev–Trinajstić information content (AvgIpc) is 2.21. The van der Waals surface area contributed by atoms with Crippen molar-refractivity contribution in [2.24, 2.45) is 0 Å². The van der Waals surface area contributed by atoms with E-state index in [1.165, 1.54) is 25.7 Å². The third-order valence-corrected chi connectivity index (χ3v) is 2.57. The molecule has 0 amide bonds. The molecule has 0 heterocycles. The summed E-state index contributed by atoms with van der Waals surface area (Å²) in [5, 5.41) is 9.16. The molecule has 0 aromatic heterocycles. The number of unbranched alkanes of at least 4 members (excludes halogenated alkanes) is 3. The van der Waals surface area contributed by atoms with Gasteiger partial charge in [-0.05, 0) is 13.3 Å². The van der Waals surface area contributed by atoms with Gasteiger partial charge in [0.05, 0.1) is 24.7 Å². The lowest BCUT2D eigenvalue weighted by atomic mass is 10.1. The van der Waals surface area contributed by atoms with Gasteiger partial charge in [-0.1, -0.05) is 32.6 Å². The molecule has 0 rings (SSSR count). The van der Waals surface area contributed by atoms with Crippen LogP contribution in [0.5, 0.6) is 0 Å². The van der Waals surface area contributed by atoms with Gasteiger partial charge in [-0.3, -0.25) is 0 Å². The Morgan fingerprint density at radius 3 is 2.57 bits per heavy atom. The first-order valence-corrected chi connectivity index (χ1v) is 6.09. The number of rotatable bonds is 9. The van der Waals surface area contributed by atoms with E-state index in [2.05, 4.69) is 6.92 Å². The Morgan fingerprint density at radius 2 is 2.00 bits per heavy atom. The van der Waals surface area contributed by atoms with Gasteiger partial charge in [0.15, 0.2) is 0 Å². The van der Waals surface area contributed by atoms with E-state index in [1.54, 1.807) is 0 Å². The number of aliphatic hydroxyl groups is 1. The summed E-state index contributed by atoms with van der Waals surface area (Å²) in [5.74, 6) is 0.253. The number of ether oxygens (including phenoxy) is 1. The summed E-state index contributed by atoms with van der Waals surface area (Å²) in [6, 6.07) is 0. The topological polar surface area (TPSA) is 29.5 Å². The summed E-state index contributed by atoms with van der Waals surface area (Å²) in [4.78, 5) is 0. The Balaban J connectivity index is 3.23. The van der Waals surface area contributed by atoms with Crippen LogP contribution in [0.3, 0.4) is 0 Å². The van der Waals surface area contributed by atoms with Crippen LogP contribution in [-0.2, 0) is 4.74 Å². The second-order valence-electron chi connectivity index (χ2n) is 3.80. The van der Waals surface area contributed by atoms with Crippen LogP contribution in [0.1, 0.15) is 46.0 Å². The molecule has 0 aliphatic carbocycles. The van der Waals surface area contributed by atoms with Crippen molar-refractivity contribution in [1.82, 2.24) is 0 Å². The van der Waals surface area contributed by atoms with Crippen molar-refractivity contribution in [3.8, 4) is 0 Å². The van der Waals surface area contributed by atoms with Gasteiger partial charge in [0.2, 0.25) is 0 Å². The molecular weight excluding hydrogens is 200 g/mol. The summed E-state index contributed by atoms with van der Waals surface area (Å²) in [6.07, 6.45) is 5.86. The molecule has 1 N–H and O–H groups in total. The second-order valence-corrected chi connectivity index (χ2v) is 4.11. The Hall–Kier alpha value is 0.210. The molecule has 14 heavy (non-hydrogen) atoms. The SMILES string of the molecule is CCCCCC[C@@H](C)OC[C@H](O)CCl. The summed E-state index contributed by atoms with van der Waals surface area (Å²) in [5.41, 5.74) is 0. The van der Waals surface area contributed by atoms with Crippen molar-refractivity contribution < 1.29 is 9.84 Å². The Bertz CT molecular complexity index is 120. The zero-order valence-electron chi connectivity index (χ0n) is 9.34. The highest BCUT2D eigenvalue weighted by molar-refractivity contribution is 6.18. The Labute approximate surface area is 92.6 Å². The van der Waals surface area contributed by atoms with Gasteiger partial charge in [-0.15, -0.1) is 11.6 Å². The highest BCUT2D eigenvalue weighted by Crippen LogP contribution is 2.08. The molecule has 0 spiro atoms. The molecule has 3 heteroatoms. The van der Waals surface area contributed by atoms with Crippen LogP contribution in [0.4, 0.5) is 0 Å². The van der Waals surface area contributed by atoms with E-state index in [9.17, 15) is 0 Å². The molecule has 86 valence electrons. The van der Waals surface area contributed by atoms with Crippen LogP contribution < -0.4 is 0 Å². The van der Waals surface area contributed by atoms with E-state index in [1.807, 2.05) is 6.92 Å². The van der Waals surface area contributed by atoms with Gasteiger partial charge in [-0.25, -0.2) is 0 Å². The molecule has 0 radical (unpaired) electrons.